The van der Waals surface area contributed by atoms with Crippen molar-refractivity contribution in [3.8, 4) is 11.5 Å². The number of aromatic nitrogens is 2. The van der Waals surface area contributed by atoms with E-state index in [0.29, 0.717) is 19.7 Å². The second-order valence-electron chi connectivity index (χ2n) is 6.56. The van der Waals surface area contributed by atoms with E-state index in [1.807, 2.05) is 62.4 Å². The van der Waals surface area contributed by atoms with Crippen molar-refractivity contribution in [1.82, 2.24) is 14.9 Å². The van der Waals surface area contributed by atoms with Crippen molar-refractivity contribution < 1.29 is 14.3 Å². The van der Waals surface area contributed by atoms with E-state index in [2.05, 4.69) is 14.9 Å². The maximum absolute atomic E-state index is 11.9. The Morgan fingerprint density at radius 3 is 2.52 bits per heavy atom. The Labute approximate surface area is 159 Å². The molecule has 142 valence electrons. The molecule has 0 bridgehead atoms. The minimum Gasteiger partial charge on any atom is -0.497 e. The lowest BCUT2D eigenvalue weighted by Crippen LogP contribution is -2.28. The van der Waals surface area contributed by atoms with E-state index < -0.39 is 0 Å². The number of benzene rings is 2. The fraction of sp³-hybridized carbons (Fsp3) is 0.333. The smallest absolute Gasteiger partial charge is 0.222 e. The first-order chi connectivity index (χ1) is 13.1. The Bertz CT molecular complexity index is 901. The van der Waals surface area contributed by atoms with Crippen molar-refractivity contribution in [3.63, 3.8) is 0 Å². The van der Waals surface area contributed by atoms with Crippen LogP contribution in [0.1, 0.15) is 19.7 Å². The highest BCUT2D eigenvalue weighted by atomic mass is 16.5. The third kappa shape index (κ3) is 4.58. The molecule has 1 N–H and O–H groups in total. The number of carbonyl (C=O) groups is 1. The van der Waals surface area contributed by atoms with Gasteiger partial charge in [-0.25, -0.2) is 4.98 Å². The maximum Gasteiger partial charge on any atom is 0.222 e. The molecule has 0 unspecified atom stereocenters. The van der Waals surface area contributed by atoms with Crippen LogP contribution in [0.2, 0.25) is 0 Å². The number of nitrogens with zero attached hydrogens (tertiary/aromatic N) is 2. The summed E-state index contributed by atoms with van der Waals surface area (Å²) in [7, 11) is 1.64. The molecule has 0 saturated heterocycles. The average molecular weight is 367 g/mol. The summed E-state index contributed by atoms with van der Waals surface area (Å²) in [5.74, 6) is 2.37. The average Bonchev–Trinajstić information content (AvgIpc) is 3.04. The van der Waals surface area contributed by atoms with Crippen LogP contribution in [0.15, 0.2) is 48.5 Å². The Hall–Kier alpha value is -3.02. The molecule has 0 aliphatic rings. The number of amides is 1. The Morgan fingerprint density at radius 1 is 1.11 bits per heavy atom. The van der Waals surface area contributed by atoms with Gasteiger partial charge in [0.05, 0.1) is 31.2 Å². The number of imidazole rings is 1. The summed E-state index contributed by atoms with van der Waals surface area (Å²) in [4.78, 5) is 16.6. The van der Waals surface area contributed by atoms with Crippen LogP contribution in [0, 0.1) is 5.92 Å². The first-order valence-electron chi connectivity index (χ1n) is 9.07. The molecular formula is C21H25N3O3. The summed E-state index contributed by atoms with van der Waals surface area (Å²) in [6.07, 6.45) is 0. The normalized spacial score (nSPS) is 11.0. The largest absolute Gasteiger partial charge is 0.497 e. The van der Waals surface area contributed by atoms with E-state index in [4.69, 9.17) is 9.47 Å². The second kappa shape index (κ2) is 8.58. The molecule has 0 spiro atoms. The van der Waals surface area contributed by atoms with E-state index in [1.54, 1.807) is 7.11 Å². The van der Waals surface area contributed by atoms with Crippen molar-refractivity contribution in [3.05, 3.63) is 54.4 Å². The lowest BCUT2D eigenvalue weighted by Gasteiger charge is -2.12. The van der Waals surface area contributed by atoms with E-state index in [0.717, 1.165) is 28.4 Å². The van der Waals surface area contributed by atoms with Gasteiger partial charge in [-0.15, -0.1) is 0 Å². The molecule has 6 nitrogen and oxygen atoms in total. The summed E-state index contributed by atoms with van der Waals surface area (Å²) >= 11 is 0. The molecule has 0 fully saturated rings. The zero-order chi connectivity index (χ0) is 19.2. The summed E-state index contributed by atoms with van der Waals surface area (Å²) < 4.78 is 13.1. The van der Waals surface area contributed by atoms with Crippen molar-refractivity contribution >= 4 is 16.9 Å². The van der Waals surface area contributed by atoms with Crippen LogP contribution >= 0.6 is 0 Å². The Kier molecular flexibility index (Phi) is 5.96. The van der Waals surface area contributed by atoms with Gasteiger partial charge in [-0.3, -0.25) is 4.79 Å². The van der Waals surface area contributed by atoms with Gasteiger partial charge in [0.1, 0.15) is 23.9 Å². The first-order valence-corrected chi connectivity index (χ1v) is 9.07. The topological polar surface area (TPSA) is 65.4 Å². The maximum atomic E-state index is 11.9. The van der Waals surface area contributed by atoms with Crippen LogP contribution in [0.25, 0.3) is 11.0 Å². The van der Waals surface area contributed by atoms with Crippen molar-refractivity contribution in [2.75, 3.05) is 13.7 Å². The van der Waals surface area contributed by atoms with Crippen LogP contribution in [-0.4, -0.2) is 29.2 Å². The number of carbonyl (C=O) groups excluding carboxylic acids is 1. The van der Waals surface area contributed by atoms with Crippen LogP contribution in [0.5, 0.6) is 11.5 Å². The van der Waals surface area contributed by atoms with Gasteiger partial charge in [0.25, 0.3) is 0 Å². The number of ether oxygens (including phenoxy) is 2. The van der Waals surface area contributed by atoms with Gasteiger partial charge in [-0.1, -0.05) is 26.0 Å². The predicted octanol–water partition coefficient (Wildman–Crippen LogP) is 3.40. The number of para-hydroxylation sites is 2. The van der Waals surface area contributed by atoms with Gasteiger partial charge in [0, 0.05) is 5.92 Å². The highest BCUT2D eigenvalue weighted by molar-refractivity contribution is 5.78. The van der Waals surface area contributed by atoms with Gasteiger partial charge in [0.2, 0.25) is 5.91 Å². The fourth-order valence-corrected chi connectivity index (χ4v) is 2.81. The number of nitrogens with one attached hydrogen (secondary N) is 1. The molecule has 1 heterocycles. The van der Waals surface area contributed by atoms with E-state index in [1.165, 1.54) is 0 Å². The Balaban J connectivity index is 1.71. The molecule has 3 rings (SSSR count). The van der Waals surface area contributed by atoms with Gasteiger partial charge in [-0.2, -0.15) is 0 Å². The minimum atomic E-state index is -0.0544. The van der Waals surface area contributed by atoms with Gasteiger partial charge >= 0.3 is 0 Å². The lowest BCUT2D eigenvalue weighted by molar-refractivity contribution is -0.124. The molecule has 0 saturated carbocycles. The van der Waals surface area contributed by atoms with Crippen molar-refractivity contribution in [1.29, 1.82) is 0 Å². The molecule has 0 atom stereocenters. The van der Waals surface area contributed by atoms with E-state index in [-0.39, 0.29) is 11.8 Å². The van der Waals surface area contributed by atoms with Crippen LogP contribution in [-0.2, 0) is 17.9 Å². The quantitative estimate of drug-likeness (QED) is 0.663. The summed E-state index contributed by atoms with van der Waals surface area (Å²) in [5, 5.41) is 2.94. The second-order valence-corrected chi connectivity index (χ2v) is 6.56. The minimum absolute atomic E-state index is 0.0167. The third-order valence-corrected chi connectivity index (χ3v) is 4.32. The molecular weight excluding hydrogens is 342 g/mol. The van der Waals surface area contributed by atoms with Gasteiger partial charge in [0.15, 0.2) is 0 Å². The highest BCUT2D eigenvalue weighted by Gasteiger charge is 2.13. The molecule has 2 aromatic carbocycles. The molecule has 27 heavy (non-hydrogen) atoms. The number of fused-ring (bicyclic) bond motifs is 1. The lowest BCUT2D eigenvalue weighted by atomic mass is 10.2. The van der Waals surface area contributed by atoms with Gasteiger partial charge in [-0.05, 0) is 36.4 Å². The SMILES string of the molecule is COc1ccc(OCCn2c(CNC(=O)C(C)C)nc3ccccc32)cc1. The van der Waals surface area contributed by atoms with E-state index in [9.17, 15) is 4.79 Å². The molecule has 3 aromatic rings. The number of hydrogen-bond donors (Lipinski definition) is 1. The molecule has 1 aromatic heterocycles. The number of hydrogen-bond acceptors (Lipinski definition) is 4. The summed E-state index contributed by atoms with van der Waals surface area (Å²) in [6.45, 7) is 5.29. The molecule has 0 aliphatic heterocycles. The Morgan fingerprint density at radius 2 is 1.81 bits per heavy atom. The summed E-state index contributed by atoms with van der Waals surface area (Å²) in [6, 6.07) is 15.5. The standard InChI is InChI=1S/C21H25N3O3/c1-15(2)21(25)22-14-20-23-18-6-4-5-7-19(18)24(20)12-13-27-17-10-8-16(26-3)9-11-17/h4-11,15H,12-14H2,1-3H3,(H,22,25). The molecule has 1 amide bonds. The fourth-order valence-electron chi connectivity index (χ4n) is 2.81. The molecule has 0 aliphatic carbocycles. The van der Waals surface area contributed by atoms with Gasteiger partial charge < -0.3 is 19.4 Å². The van der Waals surface area contributed by atoms with Crippen molar-refractivity contribution in [2.24, 2.45) is 5.92 Å². The monoisotopic (exact) mass is 367 g/mol. The van der Waals surface area contributed by atoms with Crippen molar-refractivity contribution in [2.45, 2.75) is 26.9 Å². The highest BCUT2D eigenvalue weighted by Crippen LogP contribution is 2.19. The summed E-state index contributed by atoms with van der Waals surface area (Å²) in [5.41, 5.74) is 1.94. The van der Waals surface area contributed by atoms with E-state index >= 15 is 0 Å². The van der Waals surface area contributed by atoms with Crippen LogP contribution in [0.4, 0.5) is 0 Å². The third-order valence-electron chi connectivity index (χ3n) is 4.32. The number of rotatable bonds is 8. The predicted molar refractivity (Wildman–Crippen MR) is 105 cm³/mol. The number of methoxy groups -OCH3 is 1. The van der Waals surface area contributed by atoms with Crippen LogP contribution in [0.3, 0.4) is 0 Å². The zero-order valence-electron chi connectivity index (χ0n) is 15.9. The molecule has 0 radical (unpaired) electrons. The molecule has 6 heteroatoms. The van der Waals surface area contributed by atoms with Crippen LogP contribution < -0.4 is 14.8 Å². The first kappa shape index (κ1) is 18.8. The zero-order valence-corrected chi connectivity index (χ0v) is 15.9.